The number of aromatic hydroxyl groups is 1. The maximum Gasteiger partial charge on any atom is 0.213 e. The molecule has 0 aliphatic carbocycles. The molecule has 9 heteroatoms. The van der Waals surface area contributed by atoms with Crippen molar-refractivity contribution in [3.05, 3.63) is 46.1 Å². The second-order valence-electron chi connectivity index (χ2n) is 8.68. The predicted molar refractivity (Wildman–Crippen MR) is 128 cm³/mol. The monoisotopic (exact) mass is 485 g/mol. The topological polar surface area (TPSA) is 80.7 Å². The van der Waals surface area contributed by atoms with Gasteiger partial charge in [-0.2, -0.15) is 0 Å². The number of phenols is 1. The van der Waals surface area contributed by atoms with Crippen molar-refractivity contribution >= 4 is 40.3 Å². The number of hydrogen-bond donors (Lipinski definition) is 2. The van der Waals surface area contributed by atoms with Crippen LogP contribution >= 0.6 is 23.2 Å². The Kier molecular flexibility index (Phi) is 7.86. The van der Waals surface area contributed by atoms with Crippen LogP contribution in [0.15, 0.2) is 30.5 Å². The first-order valence-corrected chi connectivity index (χ1v) is 12.1. The smallest absolute Gasteiger partial charge is 0.213 e. The van der Waals surface area contributed by atoms with Crippen molar-refractivity contribution in [1.29, 1.82) is 0 Å². The van der Waals surface area contributed by atoms with Crippen LogP contribution in [0.25, 0.3) is 0 Å². The third kappa shape index (κ3) is 5.90. The Morgan fingerprint density at radius 1 is 1.23 bits per heavy atom. The Bertz CT molecular complexity index is 885. The zero-order valence-electron chi connectivity index (χ0n) is 18.2. The van der Waals surface area contributed by atoms with Gasteiger partial charge in [-0.1, -0.05) is 23.2 Å². The summed E-state index contributed by atoms with van der Waals surface area (Å²) in [6.45, 7) is 7.39. The number of pyridine rings is 1. The molecule has 1 aliphatic heterocycles. The normalized spacial score (nSPS) is 17.5. The number of halogens is 2. The van der Waals surface area contributed by atoms with Crippen molar-refractivity contribution in [1.82, 2.24) is 9.71 Å². The molecule has 1 aromatic carbocycles. The third-order valence-electron chi connectivity index (χ3n) is 5.50. The van der Waals surface area contributed by atoms with E-state index < -0.39 is 16.1 Å². The van der Waals surface area contributed by atoms with Gasteiger partial charge < -0.3 is 19.3 Å². The van der Waals surface area contributed by atoms with Crippen molar-refractivity contribution in [3.63, 3.8) is 0 Å². The fraction of sp³-hybridized carbons (Fsp3) is 0.500. The Morgan fingerprint density at radius 3 is 2.42 bits per heavy atom. The highest BCUT2D eigenvalue weighted by molar-refractivity contribution is 7.90. The first kappa shape index (κ1) is 24.3. The second kappa shape index (κ2) is 10.0. The van der Waals surface area contributed by atoms with Gasteiger partial charge in [0.25, 0.3) is 0 Å². The van der Waals surface area contributed by atoms with Crippen LogP contribution in [0, 0.1) is 5.92 Å². The number of anilines is 1. The maximum absolute atomic E-state index is 12.9. The van der Waals surface area contributed by atoms with Crippen LogP contribution in [0.2, 0.25) is 10.0 Å². The average molecular weight is 486 g/mol. The Labute approximate surface area is 197 Å². The third-order valence-corrected chi connectivity index (χ3v) is 7.80. The van der Waals surface area contributed by atoms with Crippen LogP contribution < -0.4 is 14.4 Å². The number of rotatable bonds is 6. The van der Waals surface area contributed by atoms with Crippen LogP contribution in [-0.4, -0.2) is 39.6 Å². The molecule has 3 rings (SSSR count). The van der Waals surface area contributed by atoms with Gasteiger partial charge in [-0.25, -0.2) is 4.98 Å². The van der Waals surface area contributed by atoms with Gasteiger partial charge >= 0.3 is 0 Å². The zero-order chi connectivity index (χ0) is 22.8. The van der Waals surface area contributed by atoms with E-state index >= 15 is 0 Å². The van der Waals surface area contributed by atoms with Crippen LogP contribution in [0.4, 0.5) is 5.69 Å². The van der Waals surface area contributed by atoms with Crippen LogP contribution in [0.1, 0.15) is 45.2 Å². The highest BCUT2D eigenvalue weighted by Crippen LogP contribution is 2.40. The average Bonchev–Trinajstić information content (AvgIpc) is 2.74. The summed E-state index contributed by atoms with van der Waals surface area (Å²) in [7, 11) is 1.60. The molecule has 1 aromatic heterocycles. The molecule has 1 fully saturated rings. The van der Waals surface area contributed by atoms with Crippen molar-refractivity contribution in [2.45, 2.75) is 44.4 Å². The van der Waals surface area contributed by atoms with E-state index in [9.17, 15) is 9.66 Å². The lowest BCUT2D eigenvalue weighted by Gasteiger charge is -2.38. The molecule has 0 saturated carbocycles. The van der Waals surface area contributed by atoms with Gasteiger partial charge in [0, 0.05) is 42.1 Å². The standard InChI is InChI=1S/C22H29Cl2N3O3S/c1-22(2,3)31(29)26-21(16-11-17(23)18(24)12-19(16)28)14-7-9-27(10-8-14)15-5-6-20(30-4)25-13-15/h5-6,11-14,21,26,28H,7-10H2,1-4H3/t21-,31?/m1/s1. The summed E-state index contributed by atoms with van der Waals surface area (Å²) < 4.78 is 20.9. The van der Waals surface area contributed by atoms with Crippen molar-refractivity contribution in [2.24, 2.45) is 5.92 Å². The maximum atomic E-state index is 12.9. The summed E-state index contributed by atoms with van der Waals surface area (Å²) >= 11 is 11.0. The second-order valence-corrected chi connectivity index (χ2v) is 11.5. The molecular formula is C22H29Cl2N3O3S. The molecule has 0 radical (unpaired) electrons. The Morgan fingerprint density at radius 2 is 1.87 bits per heavy atom. The summed E-state index contributed by atoms with van der Waals surface area (Å²) in [5.41, 5.74) is 1.66. The fourth-order valence-corrected chi connectivity index (χ4v) is 4.91. The molecule has 1 unspecified atom stereocenters. The lowest BCUT2D eigenvalue weighted by molar-refractivity contribution is 0.317. The predicted octanol–water partition coefficient (Wildman–Crippen LogP) is 5.11. The van der Waals surface area contributed by atoms with Crippen molar-refractivity contribution in [3.8, 4) is 11.6 Å². The fourth-order valence-electron chi connectivity index (χ4n) is 3.68. The minimum absolute atomic E-state index is 0.0552. The summed E-state index contributed by atoms with van der Waals surface area (Å²) in [5.74, 6) is 0.805. The summed E-state index contributed by atoms with van der Waals surface area (Å²) in [4.78, 5) is 6.57. The molecule has 2 heterocycles. The Balaban J connectivity index is 1.80. The highest BCUT2D eigenvalue weighted by Gasteiger charge is 2.36. The van der Waals surface area contributed by atoms with Crippen LogP contribution in [0.3, 0.4) is 0 Å². The lowest BCUT2D eigenvalue weighted by Crippen LogP contribution is -2.45. The number of aromatic nitrogens is 1. The van der Waals surface area contributed by atoms with Gasteiger partial charge in [0.15, 0.2) is 0 Å². The molecule has 1 aliphatic rings. The number of ether oxygens (including phenoxy) is 1. The van der Waals surface area contributed by atoms with Gasteiger partial charge in [-0.3, -0.25) is 0 Å². The quantitative estimate of drug-likeness (QED) is 0.553. The van der Waals surface area contributed by atoms with Gasteiger partial charge in [-0.15, -0.1) is 4.72 Å². The number of piperidine rings is 1. The summed E-state index contributed by atoms with van der Waals surface area (Å²) in [6.07, 6.45) is 3.52. The SMILES string of the molecule is COc1ccc(N2CCC([C@@H](N[S+]([O-])C(C)(C)C)c3cc(Cl)c(Cl)cc3O)CC2)cn1. The van der Waals surface area contributed by atoms with Gasteiger partial charge in [-0.05, 0) is 51.7 Å². The van der Waals surface area contributed by atoms with E-state index in [4.69, 9.17) is 27.9 Å². The first-order valence-electron chi connectivity index (χ1n) is 10.2. The molecule has 1 saturated heterocycles. The van der Waals surface area contributed by atoms with E-state index in [0.29, 0.717) is 21.5 Å². The molecule has 2 aromatic rings. The number of methoxy groups -OCH3 is 1. The molecule has 2 N–H and O–H groups in total. The van der Waals surface area contributed by atoms with E-state index in [0.717, 1.165) is 31.6 Å². The van der Waals surface area contributed by atoms with Crippen molar-refractivity contribution < 1.29 is 14.4 Å². The number of phenolic OH excluding ortho intramolecular Hbond substituents is 1. The lowest BCUT2D eigenvalue weighted by atomic mass is 9.85. The van der Waals surface area contributed by atoms with Crippen molar-refractivity contribution in [2.75, 3.05) is 25.1 Å². The largest absolute Gasteiger partial charge is 0.598 e. The van der Waals surface area contributed by atoms with Crippen LogP contribution in [-0.2, 0) is 11.4 Å². The Hall–Kier alpha value is -1.38. The van der Waals surface area contributed by atoms with E-state index in [1.54, 1.807) is 13.2 Å². The van der Waals surface area contributed by atoms with E-state index in [2.05, 4.69) is 14.6 Å². The van der Waals surface area contributed by atoms with Crippen LogP contribution in [0.5, 0.6) is 11.6 Å². The van der Waals surface area contributed by atoms with Gasteiger partial charge in [0.1, 0.15) is 10.5 Å². The van der Waals surface area contributed by atoms with E-state index in [1.165, 1.54) is 6.07 Å². The summed E-state index contributed by atoms with van der Waals surface area (Å²) in [5, 5.41) is 11.3. The molecule has 0 bridgehead atoms. The van der Waals surface area contributed by atoms with E-state index in [1.807, 2.05) is 39.1 Å². The molecule has 31 heavy (non-hydrogen) atoms. The molecule has 2 atom stereocenters. The molecule has 0 amide bonds. The number of nitrogens with zero attached hydrogens (tertiary/aromatic N) is 2. The van der Waals surface area contributed by atoms with Gasteiger partial charge in [0.05, 0.1) is 35.1 Å². The molecule has 6 nitrogen and oxygen atoms in total. The molecular weight excluding hydrogens is 457 g/mol. The number of benzene rings is 1. The number of nitrogens with one attached hydrogen (secondary N) is 1. The summed E-state index contributed by atoms with van der Waals surface area (Å²) in [6, 6.07) is 6.67. The highest BCUT2D eigenvalue weighted by atomic mass is 35.5. The molecule has 0 spiro atoms. The van der Waals surface area contributed by atoms with E-state index in [-0.39, 0.29) is 17.7 Å². The van der Waals surface area contributed by atoms with Gasteiger partial charge in [0.2, 0.25) is 5.88 Å². The first-order chi connectivity index (χ1) is 14.6. The minimum atomic E-state index is -1.31. The minimum Gasteiger partial charge on any atom is -0.598 e. The zero-order valence-corrected chi connectivity index (χ0v) is 20.5. The number of hydrogen-bond acceptors (Lipinski definition) is 6. The molecule has 170 valence electrons.